The van der Waals surface area contributed by atoms with Crippen molar-refractivity contribution >= 4 is 32.1 Å². The van der Waals surface area contributed by atoms with Crippen molar-refractivity contribution in [3.8, 4) is 0 Å². The van der Waals surface area contributed by atoms with Crippen molar-refractivity contribution in [2.24, 2.45) is 0 Å². The van der Waals surface area contributed by atoms with Gasteiger partial charge in [0.2, 0.25) is 0 Å². The van der Waals surface area contributed by atoms with Crippen LogP contribution in [0.5, 0.6) is 0 Å². The molecule has 0 heterocycles. The Bertz CT molecular complexity index is 258. The molecule has 0 aliphatic heterocycles. The third kappa shape index (κ3) is 2.28. The molecule has 1 rings (SSSR count). The molecule has 0 bridgehead atoms. The normalized spacial score (nSPS) is 9.45. The number of benzene rings is 1. The Hall–Kier alpha value is -0.952. The average molecular weight is 211 g/mol. The molecule has 1 aromatic rings. The van der Waals surface area contributed by atoms with Crippen LogP contribution in [0.25, 0.3) is 0 Å². The van der Waals surface area contributed by atoms with E-state index in [9.17, 15) is 8.53 Å². The van der Waals surface area contributed by atoms with Crippen LogP contribution >= 0.6 is 0 Å². The van der Waals surface area contributed by atoms with Crippen molar-refractivity contribution in [1.82, 2.24) is 0 Å². The first-order valence-electron chi connectivity index (χ1n) is 3.00. The van der Waals surface area contributed by atoms with Gasteiger partial charge in [-0.15, -0.1) is 0 Å². The van der Waals surface area contributed by atoms with Crippen molar-refractivity contribution < 1.29 is 8.53 Å². The Morgan fingerprint density at radius 2 is 1.91 bits per heavy atom. The van der Waals surface area contributed by atoms with Gasteiger partial charge in [-0.05, 0) is 0 Å². The van der Waals surface area contributed by atoms with Crippen molar-refractivity contribution in [2.45, 2.75) is 0 Å². The van der Waals surface area contributed by atoms with Crippen LogP contribution in [0.15, 0.2) is 24.3 Å². The van der Waals surface area contributed by atoms with E-state index in [1.54, 1.807) is 24.3 Å². The summed E-state index contributed by atoms with van der Waals surface area (Å²) in [4.78, 5) is 9.96. The van der Waals surface area contributed by atoms with Gasteiger partial charge in [0.1, 0.15) is 0 Å². The molecule has 3 nitrogen and oxygen atoms in total. The van der Waals surface area contributed by atoms with Gasteiger partial charge < -0.3 is 0 Å². The minimum atomic E-state index is -0.953. The third-order valence-corrected chi connectivity index (χ3v) is 2.27. The van der Waals surface area contributed by atoms with Crippen molar-refractivity contribution in [2.75, 3.05) is 5.32 Å². The van der Waals surface area contributed by atoms with E-state index in [0.717, 1.165) is 10.0 Å². The van der Waals surface area contributed by atoms with Crippen LogP contribution in [0.4, 0.5) is 5.69 Å². The molecule has 0 aromatic heterocycles. The molecular formula is C7H6AsNO2. The molecule has 1 amide bonds. The summed E-state index contributed by atoms with van der Waals surface area (Å²) in [6.45, 7) is 0. The third-order valence-electron chi connectivity index (χ3n) is 1.20. The van der Waals surface area contributed by atoms with Crippen LogP contribution in [-0.4, -0.2) is 22.1 Å². The Morgan fingerprint density at radius 3 is 2.36 bits per heavy atom. The maximum absolute atomic E-state index is 10.4. The maximum atomic E-state index is 10.4. The SMILES string of the molecule is O=CNc1ccc([As]=O)cc1. The number of carbonyl (C=O) groups is 1. The number of nitrogens with one attached hydrogen (secondary N) is 1. The van der Waals surface area contributed by atoms with Crippen LogP contribution in [0.3, 0.4) is 0 Å². The van der Waals surface area contributed by atoms with Crippen LogP contribution < -0.4 is 9.67 Å². The number of rotatable bonds is 3. The molecule has 0 spiro atoms. The Morgan fingerprint density at radius 1 is 1.27 bits per heavy atom. The van der Waals surface area contributed by atoms with Gasteiger partial charge in [0.25, 0.3) is 0 Å². The van der Waals surface area contributed by atoms with Gasteiger partial charge in [0.15, 0.2) is 0 Å². The summed E-state index contributed by atoms with van der Waals surface area (Å²) in [7, 11) is 0. The van der Waals surface area contributed by atoms with Gasteiger partial charge in [-0.1, -0.05) is 0 Å². The van der Waals surface area contributed by atoms with E-state index < -0.39 is 15.7 Å². The summed E-state index contributed by atoms with van der Waals surface area (Å²) in [5, 5.41) is 2.49. The van der Waals surface area contributed by atoms with Crippen LogP contribution in [-0.2, 0) is 8.53 Å². The fourth-order valence-corrected chi connectivity index (χ4v) is 1.25. The number of anilines is 1. The first-order valence-corrected chi connectivity index (χ1v) is 4.71. The summed E-state index contributed by atoms with van der Waals surface area (Å²) < 4.78 is 11.2. The molecule has 1 N–H and O–H groups in total. The number of hydrogen-bond donors (Lipinski definition) is 1. The van der Waals surface area contributed by atoms with Gasteiger partial charge in [-0.2, -0.15) is 0 Å². The van der Waals surface area contributed by atoms with Gasteiger partial charge in [0.05, 0.1) is 0 Å². The first kappa shape index (κ1) is 8.15. The molecule has 56 valence electrons. The number of hydrogen-bond acceptors (Lipinski definition) is 2. The fraction of sp³-hybridized carbons (Fsp3) is 0. The molecule has 0 atom stereocenters. The van der Waals surface area contributed by atoms with Crippen molar-refractivity contribution in [3.63, 3.8) is 0 Å². The zero-order chi connectivity index (χ0) is 8.10. The average Bonchev–Trinajstić information content (AvgIpc) is 2.07. The van der Waals surface area contributed by atoms with E-state index >= 15 is 0 Å². The molecule has 0 saturated carbocycles. The second-order valence-corrected chi connectivity index (χ2v) is 3.37. The summed E-state index contributed by atoms with van der Waals surface area (Å²) in [5.74, 6) is 0. The zero-order valence-electron chi connectivity index (χ0n) is 5.65. The monoisotopic (exact) mass is 211 g/mol. The molecule has 4 heteroatoms. The van der Waals surface area contributed by atoms with Crippen molar-refractivity contribution in [3.05, 3.63) is 24.3 Å². The Labute approximate surface area is 70.7 Å². The van der Waals surface area contributed by atoms with E-state index in [0.29, 0.717) is 6.41 Å². The summed E-state index contributed by atoms with van der Waals surface area (Å²) in [6, 6.07) is 6.91. The fourth-order valence-electron chi connectivity index (χ4n) is 0.687. The molecular weight excluding hydrogens is 205 g/mol. The first-order chi connectivity index (χ1) is 5.36. The molecule has 0 aliphatic rings. The summed E-state index contributed by atoms with van der Waals surface area (Å²) in [6.07, 6.45) is 0.611. The van der Waals surface area contributed by atoms with E-state index in [4.69, 9.17) is 0 Å². The van der Waals surface area contributed by atoms with E-state index in [-0.39, 0.29) is 0 Å². The molecule has 0 unspecified atom stereocenters. The van der Waals surface area contributed by atoms with E-state index in [1.807, 2.05) is 0 Å². The molecule has 1 aromatic carbocycles. The van der Waals surface area contributed by atoms with Crippen molar-refractivity contribution in [1.29, 1.82) is 0 Å². The van der Waals surface area contributed by atoms with E-state index in [2.05, 4.69) is 5.32 Å². The van der Waals surface area contributed by atoms with Gasteiger partial charge in [-0.25, -0.2) is 0 Å². The van der Waals surface area contributed by atoms with Crippen LogP contribution in [0, 0.1) is 0 Å². The summed E-state index contributed by atoms with van der Waals surface area (Å²) >= 11 is -0.953. The standard InChI is InChI=1S/C7H6AsNO2/c10-5-9-7-3-1-6(8-11)2-4-7/h1-5H,(H,9,10). The van der Waals surface area contributed by atoms with Crippen LogP contribution in [0.2, 0.25) is 0 Å². The topological polar surface area (TPSA) is 46.2 Å². The van der Waals surface area contributed by atoms with Gasteiger partial charge >= 0.3 is 70.3 Å². The molecule has 11 heavy (non-hydrogen) atoms. The van der Waals surface area contributed by atoms with Gasteiger partial charge in [-0.3, -0.25) is 0 Å². The molecule has 0 saturated heterocycles. The molecule has 0 aliphatic carbocycles. The Kier molecular flexibility index (Phi) is 2.99. The number of amides is 1. The molecule has 0 radical (unpaired) electrons. The van der Waals surface area contributed by atoms with E-state index in [1.165, 1.54) is 0 Å². The predicted octanol–water partition coefficient (Wildman–Crippen LogP) is -0.0701. The second-order valence-electron chi connectivity index (χ2n) is 1.90. The molecule has 0 fully saturated rings. The van der Waals surface area contributed by atoms with Crippen LogP contribution in [0.1, 0.15) is 0 Å². The minimum absolute atomic E-state index is 0.611. The quantitative estimate of drug-likeness (QED) is 0.561. The second kappa shape index (κ2) is 4.04. The zero-order valence-corrected chi connectivity index (χ0v) is 7.53. The number of carbonyl (C=O) groups excluding carboxylic acids is 1. The summed E-state index contributed by atoms with van der Waals surface area (Å²) in [5.41, 5.74) is 0.721. The predicted molar refractivity (Wildman–Crippen MR) is 42.2 cm³/mol. The van der Waals surface area contributed by atoms with Gasteiger partial charge in [0, 0.05) is 0 Å². The Balaban J connectivity index is 2.81.